The molecular weight excluding hydrogens is 268 g/mol. The standard InChI is InChI=1S/C17H18O2S/c1-13-3-7-16(8-4-13)19-11-12-20-17-9-5-15(6-10-17)14(2)18/h3-10H,11-12H2,1-2H3. The van der Waals surface area contributed by atoms with E-state index in [0.29, 0.717) is 6.61 Å². The lowest BCUT2D eigenvalue weighted by Gasteiger charge is -2.06. The molecule has 0 saturated heterocycles. The quantitative estimate of drug-likeness (QED) is 0.448. The molecule has 2 rings (SSSR count). The van der Waals surface area contributed by atoms with Crippen molar-refractivity contribution in [2.24, 2.45) is 0 Å². The van der Waals surface area contributed by atoms with Gasteiger partial charge in [-0.15, -0.1) is 11.8 Å². The Kier molecular flexibility index (Phi) is 5.24. The monoisotopic (exact) mass is 286 g/mol. The summed E-state index contributed by atoms with van der Waals surface area (Å²) in [5, 5.41) is 0. The lowest BCUT2D eigenvalue weighted by atomic mass is 10.2. The second-order valence-corrected chi connectivity index (χ2v) is 5.76. The third-order valence-corrected chi connectivity index (χ3v) is 3.88. The van der Waals surface area contributed by atoms with Crippen molar-refractivity contribution < 1.29 is 9.53 Å². The third kappa shape index (κ3) is 4.42. The molecule has 0 fully saturated rings. The first kappa shape index (κ1) is 14.7. The van der Waals surface area contributed by atoms with Crippen LogP contribution in [0.4, 0.5) is 0 Å². The molecule has 2 nitrogen and oxygen atoms in total. The fourth-order valence-corrected chi connectivity index (χ4v) is 2.47. The number of aryl methyl sites for hydroxylation is 1. The van der Waals surface area contributed by atoms with Gasteiger partial charge in [-0.1, -0.05) is 29.8 Å². The second kappa shape index (κ2) is 7.15. The number of carbonyl (C=O) groups excluding carboxylic acids is 1. The first-order valence-corrected chi connectivity index (χ1v) is 7.57. The fraction of sp³-hybridized carbons (Fsp3) is 0.235. The highest BCUT2D eigenvalue weighted by Gasteiger charge is 2.00. The van der Waals surface area contributed by atoms with Crippen LogP contribution in [0.25, 0.3) is 0 Å². The van der Waals surface area contributed by atoms with Gasteiger partial charge in [0.2, 0.25) is 0 Å². The van der Waals surface area contributed by atoms with Gasteiger partial charge in [0.25, 0.3) is 0 Å². The Morgan fingerprint density at radius 2 is 1.70 bits per heavy atom. The van der Waals surface area contributed by atoms with Crippen molar-refractivity contribution in [3.8, 4) is 5.75 Å². The normalized spacial score (nSPS) is 10.3. The minimum absolute atomic E-state index is 0.101. The van der Waals surface area contributed by atoms with Crippen LogP contribution in [0.1, 0.15) is 22.8 Å². The van der Waals surface area contributed by atoms with E-state index in [0.717, 1.165) is 22.0 Å². The van der Waals surface area contributed by atoms with Gasteiger partial charge in [0.15, 0.2) is 5.78 Å². The average Bonchev–Trinajstić information content (AvgIpc) is 2.46. The van der Waals surface area contributed by atoms with Crippen LogP contribution in [0.5, 0.6) is 5.75 Å². The van der Waals surface area contributed by atoms with Crippen molar-refractivity contribution in [3.05, 3.63) is 59.7 Å². The van der Waals surface area contributed by atoms with Crippen LogP contribution in [-0.4, -0.2) is 18.1 Å². The van der Waals surface area contributed by atoms with E-state index in [4.69, 9.17) is 4.74 Å². The van der Waals surface area contributed by atoms with Crippen LogP contribution in [0.15, 0.2) is 53.4 Å². The van der Waals surface area contributed by atoms with Crippen molar-refractivity contribution in [2.45, 2.75) is 18.7 Å². The molecule has 0 aromatic heterocycles. The van der Waals surface area contributed by atoms with Crippen LogP contribution in [0.3, 0.4) is 0 Å². The van der Waals surface area contributed by atoms with Crippen molar-refractivity contribution in [3.63, 3.8) is 0 Å². The summed E-state index contributed by atoms with van der Waals surface area (Å²) in [4.78, 5) is 12.3. The zero-order valence-electron chi connectivity index (χ0n) is 11.8. The maximum atomic E-state index is 11.2. The maximum Gasteiger partial charge on any atom is 0.159 e. The van der Waals surface area contributed by atoms with Gasteiger partial charge in [0.1, 0.15) is 5.75 Å². The van der Waals surface area contributed by atoms with Crippen LogP contribution in [-0.2, 0) is 0 Å². The third-order valence-electron chi connectivity index (χ3n) is 2.90. The van der Waals surface area contributed by atoms with Crippen molar-refractivity contribution in [1.82, 2.24) is 0 Å². The molecular formula is C17H18O2S. The molecule has 2 aromatic carbocycles. The number of hydrogen-bond donors (Lipinski definition) is 0. The SMILES string of the molecule is CC(=O)c1ccc(SCCOc2ccc(C)cc2)cc1. The zero-order valence-corrected chi connectivity index (χ0v) is 12.6. The van der Waals surface area contributed by atoms with Gasteiger partial charge in [0, 0.05) is 16.2 Å². The molecule has 0 radical (unpaired) electrons. The number of carbonyl (C=O) groups is 1. The number of ether oxygens (including phenoxy) is 1. The van der Waals surface area contributed by atoms with Crippen molar-refractivity contribution in [2.75, 3.05) is 12.4 Å². The molecule has 0 saturated carbocycles. The molecule has 0 bridgehead atoms. The van der Waals surface area contributed by atoms with Crippen LogP contribution in [0, 0.1) is 6.92 Å². The summed E-state index contributed by atoms with van der Waals surface area (Å²) in [7, 11) is 0. The Hall–Kier alpha value is -1.74. The smallest absolute Gasteiger partial charge is 0.159 e. The minimum atomic E-state index is 0.101. The Labute approximate surface area is 124 Å². The van der Waals surface area contributed by atoms with E-state index < -0.39 is 0 Å². The predicted molar refractivity (Wildman–Crippen MR) is 83.8 cm³/mol. The molecule has 0 aliphatic rings. The van der Waals surface area contributed by atoms with Gasteiger partial charge in [-0.05, 0) is 38.1 Å². The average molecular weight is 286 g/mol. The molecule has 0 aliphatic carbocycles. The summed E-state index contributed by atoms with van der Waals surface area (Å²) in [5.74, 6) is 1.89. The zero-order chi connectivity index (χ0) is 14.4. The highest BCUT2D eigenvalue weighted by molar-refractivity contribution is 7.99. The van der Waals surface area contributed by atoms with Gasteiger partial charge >= 0.3 is 0 Å². The number of benzene rings is 2. The van der Waals surface area contributed by atoms with Crippen LogP contribution in [0.2, 0.25) is 0 Å². The molecule has 104 valence electrons. The molecule has 0 aliphatic heterocycles. The van der Waals surface area contributed by atoms with Crippen LogP contribution < -0.4 is 4.74 Å². The van der Waals surface area contributed by atoms with Crippen molar-refractivity contribution in [1.29, 1.82) is 0 Å². The number of Topliss-reactive ketones (excluding diaryl/α,β-unsaturated/α-hetero) is 1. The van der Waals surface area contributed by atoms with Gasteiger partial charge in [0.05, 0.1) is 6.61 Å². The molecule has 20 heavy (non-hydrogen) atoms. The highest BCUT2D eigenvalue weighted by Crippen LogP contribution is 2.19. The van der Waals surface area contributed by atoms with Crippen LogP contribution >= 0.6 is 11.8 Å². The highest BCUT2D eigenvalue weighted by atomic mass is 32.2. The van der Waals surface area contributed by atoms with E-state index in [1.807, 2.05) is 48.5 Å². The van der Waals surface area contributed by atoms with E-state index in [2.05, 4.69) is 6.92 Å². The Morgan fingerprint density at radius 3 is 2.30 bits per heavy atom. The van der Waals surface area contributed by atoms with Crippen molar-refractivity contribution >= 4 is 17.5 Å². The minimum Gasteiger partial charge on any atom is -0.493 e. The summed E-state index contributed by atoms with van der Waals surface area (Å²) in [6, 6.07) is 15.8. The first-order chi connectivity index (χ1) is 9.65. The Balaban J connectivity index is 1.75. The molecule has 0 heterocycles. The summed E-state index contributed by atoms with van der Waals surface area (Å²) < 4.78 is 5.67. The molecule has 0 N–H and O–H groups in total. The molecule has 0 amide bonds. The first-order valence-electron chi connectivity index (χ1n) is 6.58. The molecule has 3 heteroatoms. The largest absolute Gasteiger partial charge is 0.493 e. The van der Waals surface area contributed by atoms with Gasteiger partial charge in [-0.25, -0.2) is 0 Å². The second-order valence-electron chi connectivity index (χ2n) is 4.59. The van der Waals surface area contributed by atoms with Gasteiger partial charge < -0.3 is 4.74 Å². The van der Waals surface area contributed by atoms with Gasteiger partial charge in [-0.3, -0.25) is 4.79 Å². The number of ketones is 1. The van der Waals surface area contributed by atoms with E-state index in [1.165, 1.54) is 5.56 Å². The maximum absolute atomic E-state index is 11.2. The molecule has 0 atom stereocenters. The Bertz CT molecular complexity index is 559. The number of hydrogen-bond acceptors (Lipinski definition) is 3. The summed E-state index contributed by atoms with van der Waals surface area (Å²) in [6.45, 7) is 4.31. The topological polar surface area (TPSA) is 26.3 Å². The summed E-state index contributed by atoms with van der Waals surface area (Å²) >= 11 is 1.73. The summed E-state index contributed by atoms with van der Waals surface area (Å²) in [6.07, 6.45) is 0. The lowest BCUT2D eigenvalue weighted by molar-refractivity contribution is 0.101. The number of rotatable bonds is 6. The predicted octanol–water partition coefficient (Wildman–Crippen LogP) is 4.37. The lowest BCUT2D eigenvalue weighted by Crippen LogP contribution is -2.00. The fourth-order valence-electron chi connectivity index (χ4n) is 1.74. The van der Waals surface area contributed by atoms with E-state index in [9.17, 15) is 4.79 Å². The van der Waals surface area contributed by atoms with E-state index >= 15 is 0 Å². The number of thioether (sulfide) groups is 1. The summed E-state index contributed by atoms with van der Waals surface area (Å²) in [5.41, 5.74) is 1.99. The van der Waals surface area contributed by atoms with Gasteiger partial charge in [-0.2, -0.15) is 0 Å². The molecule has 0 spiro atoms. The molecule has 0 unspecified atom stereocenters. The Morgan fingerprint density at radius 1 is 1.05 bits per heavy atom. The van der Waals surface area contributed by atoms with E-state index in [1.54, 1.807) is 18.7 Å². The molecule has 2 aromatic rings. The van der Waals surface area contributed by atoms with E-state index in [-0.39, 0.29) is 5.78 Å².